The van der Waals surface area contributed by atoms with Crippen molar-refractivity contribution >= 4 is 15.9 Å². The topological polar surface area (TPSA) is 38.0 Å². The quantitative estimate of drug-likeness (QED) is 0.931. The first-order chi connectivity index (χ1) is 8.97. The van der Waals surface area contributed by atoms with Gasteiger partial charge in [-0.3, -0.25) is 4.68 Å². The fourth-order valence-electron chi connectivity index (χ4n) is 1.85. The van der Waals surface area contributed by atoms with E-state index in [0.717, 1.165) is 5.69 Å². The van der Waals surface area contributed by atoms with Crippen LogP contribution in [0.4, 0.5) is 4.39 Å². The van der Waals surface area contributed by atoms with Gasteiger partial charge in [0.2, 0.25) is 0 Å². The summed E-state index contributed by atoms with van der Waals surface area (Å²) in [6, 6.07) is 6.78. The highest BCUT2D eigenvalue weighted by molar-refractivity contribution is 9.10. The predicted molar refractivity (Wildman–Crippen MR) is 75.4 cm³/mol. The average Bonchev–Trinajstić information content (AvgIpc) is 2.77. The fourth-order valence-corrected chi connectivity index (χ4v) is 2.19. The maximum Gasteiger partial charge on any atom is 0.130 e. The Bertz CT molecular complexity index is 568. The Morgan fingerprint density at radius 2 is 2.11 bits per heavy atom. The lowest BCUT2D eigenvalue weighted by molar-refractivity contribution is 0.172. The summed E-state index contributed by atoms with van der Waals surface area (Å²) in [6.45, 7) is 4.06. The molecule has 1 atom stereocenters. The third-order valence-electron chi connectivity index (χ3n) is 2.92. The Morgan fingerprint density at radius 1 is 1.37 bits per heavy atom. The molecule has 0 radical (unpaired) electrons. The number of nitrogens with zero attached hydrogens (tertiary/aromatic N) is 2. The Labute approximate surface area is 120 Å². The van der Waals surface area contributed by atoms with E-state index in [0.29, 0.717) is 16.5 Å². The minimum absolute atomic E-state index is 0.273. The zero-order valence-corrected chi connectivity index (χ0v) is 12.4. The van der Waals surface area contributed by atoms with E-state index in [1.165, 1.54) is 6.07 Å². The van der Waals surface area contributed by atoms with Crippen molar-refractivity contribution in [2.45, 2.75) is 32.4 Å². The summed E-state index contributed by atoms with van der Waals surface area (Å²) in [5.41, 5.74) is 1.05. The van der Waals surface area contributed by atoms with Crippen molar-refractivity contribution in [3.8, 4) is 0 Å². The molecule has 0 aliphatic heterocycles. The van der Waals surface area contributed by atoms with Crippen LogP contribution in [0.25, 0.3) is 0 Å². The van der Waals surface area contributed by atoms with Crippen molar-refractivity contribution in [1.29, 1.82) is 0 Å². The Morgan fingerprint density at radius 3 is 2.68 bits per heavy atom. The molecule has 0 aliphatic rings. The van der Waals surface area contributed by atoms with Gasteiger partial charge in [0.25, 0.3) is 0 Å². The lowest BCUT2D eigenvalue weighted by Crippen LogP contribution is -2.07. The van der Waals surface area contributed by atoms with E-state index in [4.69, 9.17) is 0 Å². The molecule has 2 rings (SSSR count). The van der Waals surface area contributed by atoms with Crippen LogP contribution >= 0.6 is 15.9 Å². The van der Waals surface area contributed by atoms with Crippen LogP contribution in [0.5, 0.6) is 0 Å². The van der Waals surface area contributed by atoms with Crippen LogP contribution in [0.2, 0.25) is 0 Å². The molecule has 102 valence electrons. The van der Waals surface area contributed by atoms with Crippen LogP contribution in [0.3, 0.4) is 0 Å². The molecule has 3 nitrogen and oxygen atoms in total. The van der Waals surface area contributed by atoms with Crippen LogP contribution in [0.15, 0.2) is 34.9 Å². The molecular weight excluding hydrogens is 311 g/mol. The second-order valence-corrected chi connectivity index (χ2v) is 5.68. The van der Waals surface area contributed by atoms with Crippen molar-refractivity contribution in [3.63, 3.8) is 0 Å². The number of rotatable bonds is 4. The molecule has 1 heterocycles. The highest BCUT2D eigenvalue weighted by Crippen LogP contribution is 2.23. The summed E-state index contributed by atoms with van der Waals surface area (Å²) in [5, 5.41) is 14.4. The van der Waals surface area contributed by atoms with Gasteiger partial charge in [-0.25, -0.2) is 4.39 Å². The van der Waals surface area contributed by atoms with Gasteiger partial charge in [0.15, 0.2) is 0 Å². The predicted octanol–water partition coefficient (Wildman–Crippen LogP) is 3.64. The number of aliphatic hydroxyl groups excluding tert-OH is 1. The summed E-state index contributed by atoms with van der Waals surface area (Å²) in [7, 11) is 0. The zero-order chi connectivity index (χ0) is 14.0. The van der Waals surface area contributed by atoms with Crippen molar-refractivity contribution in [1.82, 2.24) is 9.78 Å². The maximum absolute atomic E-state index is 13.7. The fraction of sp³-hybridized carbons (Fsp3) is 0.357. The molecule has 1 aromatic heterocycles. The van der Waals surface area contributed by atoms with Crippen molar-refractivity contribution in [3.05, 3.63) is 52.0 Å². The van der Waals surface area contributed by atoms with E-state index in [9.17, 15) is 9.50 Å². The van der Waals surface area contributed by atoms with Crippen molar-refractivity contribution in [2.24, 2.45) is 0 Å². The molecule has 1 aromatic carbocycles. The highest BCUT2D eigenvalue weighted by atomic mass is 79.9. The summed E-state index contributed by atoms with van der Waals surface area (Å²) < 4.78 is 16.2. The lowest BCUT2D eigenvalue weighted by atomic mass is 10.0. The largest absolute Gasteiger partial charge is 0.388 e. The molecule has 0 aliphatic carbocycles. The second-order valence-electron chi connectivity index (χ2n) is 4.77. The molecule has 1 unspecified atom stereocenters. The highest BCUT2D eigenvalue weighted by Gasteiger charge is 2.15. The monoisotopic (exact) mass is 326 g/mol. The molecule has 0 amide bonds. The van der Waals surface area contributed by atoms with Crippen LogP contribution < -0.4 is 0 Å². The van der Waals surface area contributed by atoms with Crippen LogP contribution in [0, 0.1) is 5.82 Å². The molecule has 1 N–H and O–H groups in total. The molecule has 19 heavy (non-hydrogen) atoms. The first-order valence-electron chi connectivity index (χ1n) is 6.14. The SMILES string of the molecule is CC(C)n1ccc(CC(O)c2ccc(Br)cc2F)n1. The lowest BCUT2D eigenvalue weighted by Gasteiger charge is -2.11. The number of aliphatic hydroxyl groups is 1. The van der Waals surface area contributed by atoms with E-state index in [2.05, 4.69) is 21.0 Å². The van der Waals surface area contributed by atoms with Crippen LogP contribution in [-0.4, -0.2) is 14.9 Å². The summed E-state index contributed by atoms with van der Waals surface area (Å²) in [4.78, 5) is 0. The summed E-state index contributed by atoms with van der Waals surface area (Å²) in [6.07, 6.45) is 1.28. The van der Waals surface area contributed by atoms with E-state index >= 15 is 0 Å². The molecule has 0 bridgehead atoms. The Balaban J connectivity index is 2.13. The van der Waals surface area contributed by atoms with E-state index in [1.54, 1.807) is 12.1 Å². The third-order valence-corrected chi connectivity index (χ3v) is 3.41. The Kier molecular flexibility index (Phi) is 4.37. The summed E-state index contributed by atoms with van der Waals surface area (Å²) >= 11 is 3.19. The first kappa shape index (κ1) is 14.2. The van der Waals surface area contributed by atoms with E-state index < -0.39 is 11.9 Å². The van der Waals surface area contributed by atoms with Gasteiger partial charge in [-0.2, -0.15) is 5.10 Å². The van der Waals surface area contributed by atoms with Gasteiger partial charge in [0, 0.05) is 28.7 Å². The number of hydrogen-bond acceptors (Lipinski definition) is 2. The molecule has 0 saturated heterocycles. The van der Waals surface area contributed by atoms with Gasteiger partial charge < -0.3 is 5.11 Å². The molecule has 5 heteroatoms. The third kappa shape index (κ3) is 3.42. The van der Waals surface area contributed by atoms with Gasteiger partial charge in [0.05, 0.1) is 11.8 Å². The van der Waals surface area contributed by atoms with E-state index in [1.807, 2.05) is 30.8 Å². The molecule has 2 aromatic rings. The van der Waals surface area contributed by atoms with E-state index in [-0.39, 0.29) is 6.04 Å². The molecular formula is C14H16BrFN2O. The van der Waals surface area contributed by atoms with Gasteiger partial charge in [0.1, 0.15) is 5.82 Å². The smallest absolute Gasteiger partial charge is 0.130 e. The maximum atomic E-state index is 13.7. The van der Waals surface area contributed by atoms with Gasteiger partial charge in [-0.05, 0) is 32.0 Å². The first-order valence-corrected chi connectivity index (χ1v) is 6.93. The normalized spacial score (nSPS) is 12.9. The molecule has 0 fully saturated rings. The minimum Gasteiger partial charge on any atom is -0.388 e. The van der Waals surface area contributed by atoms with Crippen molar-refractivity contribution < 1.29 is 9.50 Å². The number of benzene rings is 1. The number of hydrogen-bond donors (Lipinski definition) is 1. The van der Waals surface area contributed by atoms with Gasteiger partial charge in [-0.15, -0.1) is 0 Å². The number of aromatic nitrogens is 2. The molecule has 0 spiro atoms. The minimum atomic E-state index is -0.886. The molecule has 0 saturated carbocycles. The average molecular weight is 327 g/mol. The van der Waals surface area contributed by atoms with Crippen LogP contribution in [0.1, 0.15) is 37.3 Å². The Hall–Kier alpha value is -1.20. The summed E-state index contributed by atoms with van der Waals surface area (Å²) in [5.74, 6) is -0.412. The zero-order valence-electron chi connectivity index (χ0n) is 10.8. The standard InChI is InChI=1S/C14H16BrFN2O/c1-9(2)18-6-5-11(17-18)8-14(19)12-4-3-10(15)7-13(12)16/h3-7,9,14,19H,8H2,1-2H3. The van der Waals surface area contributed by atoms with Crippen LogP contribution in [-0.2, 0) is 6.42 Å². The van der Waals surface area contributed by atoms with Crippen molar-refractivity contribution in [2.75, 3.05) is 0 Å². The number of halogens is 2. The van der Waals surface area contributed by atoms with Gasteiger partial charge in [-0.1, -0.05) is 22.0 Å². The second kappa shape index (κ2) is 5.84. The van der Waals surface area contributed by atoms with Gasteiger partial charge >= 0.3 is 0 Å².